The number of aromatic nitrogens is 1. The first-order valence-corrected chi connectivity index (χ1v) is 8.80. The van der Waals surface area contributed by atoms with Gasteiger partial charge in [0.1, 0.15) is 28.2 Å². The topological polar surface area (TPSA) is 114 Å². The fraction of sp³-hybridized carbons (Fsp3) is 0.100. The molecule has 0 aliphatic carbocycles. The van der Waals surface area contributed by atoms with Gasteiger partial charge in [-0.15, -0.1) is 0 Å². The van der Waals surface area contributed by atoms with Crippen LogP contribution in [0.25, 0.3) is 17.4 Å². The van der Waals surface area contributed by atoms with Gasteiger partial charge in [-0.25, -0.2) is 0 Å². The zero-order valence-corrected chi connectivity index (χ0v) is 16.2. The maximum Gasteiger partial charge on any atom is 0.288 e. The third kappa shape index (κ3) is 4.20. The Hall–Kier alpha value is -3.83. The van der Waals surface area contributed by atoms with Gasteiger partial charge in [0.15, 0.2) is 0 Å². The molecular weight excluding hydrogens is 396 g/mol. The van der Waals surface area contributed by atoms with Crippen molar-refractivity contribution in [2.45, 2.75) is 13.8 Å². The van der Waals surface area contributed by atoms with Gasteiger partial charge in [-0.3, -0.25) is 25.0 Å². The molecule has 146 valence electrons. The summed E-state index contributed by atoms with van der Waals surface area (Å²) in [6.45, 7) is 3.65. The van der Waals surface area contributed by atoms with E-state index in [0.29, 0.717) is 11.3 Å². The van der Waals surface area contributed by atoms with Crippen LogP contribution in [-0.2, 0) is 4.79 Å². The van der Waals surface area contributed by atoms with Gasteiger partial charge in [0.05, 0.1) is 4.92 Å². The summed E-state index contributed by atoms with van der Waals surface area (Å²) in [6.07, 6.45) is 1.30. The smallest absolute Gasteiger partial charge is 0.288 e. The molecule has 0 saturated heterocycles. The van der Waals surface area contributed by atoms with Crippen LogP contribution in [0.4, 0.5) is 5.69 Å². The lowest BCUT2D eigenvalue weighted by Crippen LogP contribution is -2.25. The number of carbonyl (C=O) groups excluding carboxylic acids is 1. The van der Waals surface area contributed by atoms with Gasteiger partial charge in [-0.05, 0) is 50.2 Å². The molecule has 0 aliphatic heterocycles. The van der Waals surface area contributed by atoms with Gasteiger partial charge >= 0.3 is 0 Å². The molecule has 0 bridgehead atoms. The summed E-state index contributed by atoms with van der Waals surface area (Å²) in [4.78, 5) is 22.9. The van der Waals surface area contributed by atoms with E-state index in [1.807, 2.05) is 32.0 Å². The molecule has 0 unspecified atom stereocenters. The maximum atomic E-state index is 12.4. The Morgan fingerprint density at radius 1 is 1.24 bits per heavy atom. The third-order valence-corrected chi connectivity index (χ3v) is 4.51. The van der Waals surface area contributed by atoms with Crippen molar-refractivity contribution in [1.29, 1.82) is 5.26 Å². The molecule has 0 saturated carbocycles. The average Bonchev–Trinajstić information content (AvgIpc) is 3.28. The summed E-state index contributed by atoms with van der Waals surface area (Å²) in [7, 11) is 0. The second-order valence-electron chi connectivity index (χ2n) is 6.19. The lowest BCUT2D eigenvalue weighted by molar-refractivity contribution is -0.384. The van der Waals surface area contributed by atoms with E-state index in [1.165, 1.54) is 18.2 Å². The van der Waals surface area contributed by atoms with E-state index in [0.717, 1.165) is 11.4 Å². The average molecular weight is 411 g/mol. The number of amides is 1. The van der Waals surface area contributed by atoms with E-state index < -0.39 is 10.8 Å². The zero-order chi connectivity index (χ0) is 21.1. The molecule has 8 nitrogen and oxygen atoms in total. The number of nitrogens with zero attached hydrogens (tertiary/aromatic N) is 3. The number of nitro groups is 1. The number of benzene rings is 1. The van der Waals surface area contributed by atoms with E-state index in [9.17, 15) is 20.2 Å². The summed E-state index contributed by atoms with van der Waals surface area (Å²) in [5.41, 5.74) is 4.34. The first-order valence-electron chi connectivity index (χ1n) is 8.42. The number of halogens is 1. The van der Waals surface area contributed by atoms with Crippen LogP contribution in [0.5, 0.6) is 0 Å². The van der Waals surface area contributed by atoms with Crippen LogP contribution in [0.2, 0.25) is 5.02 Å². The monoisotopic (exact) mass is 410 g/mol. The van der Waals surface area contributed by atoms with Crippen LogP contribution >= 0.6 is 11.6 Å². The molecule has 0 radical (unpaired) electrons. The van der Waals surface area contributed by atoms with Crippen molar-refractivity contribution < 1.29 is 14.1 Å². The van der Waals surface area contributed by atoms with E-state index in [-0.39, 0.29) is 22.0 Å². The van der Waals surface area contributed by atoms with Gasteiger partial charge in [0.25, 0.3) is 11.6 Å². The number of carbonyl (C=O) groups is 1. The van der Waals surface area contributed by atoms with Gasteiger partial charge in [-0.1, -0.05) is 11.6 Å². The predicted octanol–water partition coefficient (Wildman–Crippen LogP) is 4.60. The number of furan rings is 1. The Labute approximate surface area is 170 Å². The molecule has 2 heterocycles. The van der Waals surface area contributed by atoms with E-state index in [1.54, 1.807) is 22.9 Å². The standard InChI is InChI=1S/C20H15ClN4O4/c1-12-3-4-13(2)24(12)23-20(26)15(11-22)9-16-6-8-19(29-16)14-5-7-17(21)18(10-14)25(27)28/h3-10H,1-2H3,(H,23,26)/b15-9-. The molecule has 0 atom stereocenters. The van der Waals surface area contributed by atoms with Crippen molar-refractivity contribution in [1.82, 2.24) is 4.68 Å². The SMILES string of the molecule is Cc1ccc(C)n1NC(=O)/C(C#N)=C\c1ccc(-c2ccc(Cl)c([N+](=O)[O-])c2)o1. The number of nitriles is 1. The zero-order valence-electron chi connectivity index (χ0n) is 15.5. The summed E-state index contributed by atoms with van der Waals surface area (Å²) in [5, 5.41) is 20.4. The van der Waals surface area contributed by atoms with Crippen LogP contribution in [0, 0.1) is 35.3 Å². The molecule has 1 aromatic carbocycles. The Bertz CT molecular complexity index is 1160. The predicted molar refractivity (Wildman–Crippen MR) is 108 cm³/mol. The summed E-state index contributed by atoms with van der Waals surface area (Å²) >= 11 is 5.82. The van der Waals surface area contributed by atoms with Crippen molar-refractivity contribution in [3.8, 4) is 17.4 Å². The van der Waals surface area contributed by atoms with Gasteiger partial charge in [0.2, 0.25) is 0 Å². The highest BCUT2D eigenvalue weighted by molar-refractivity contribution is 6.32. The molecule has 9 heteroatoms. The Kier molecular flexibility index (Phi) is 5.52. The van der Waals surface area contributed by atoms with Crippen LogP contribution in [0.3, 0.4) is 0 Å². The minimum atomic E-state index is -0.588. The Morgan fingerprint density at radius 2 is 1.93 bits per heavy atom. The summed E-state index contributed by atoms with van der Waals surface area (Å²) < 4.78 is 7.21. The Balaban J connectivity index is 1.86. The second-order valence-corrected chi connectivity index (χ2v) is 6.59. The summed E-state index contributed by atoms with van der Waals surface area (Å²) in [5.74, 6) is 0.00560. The van der Waals surface area contributed by atoms with Gasteiger partial charge in [0, 0.05) is 29.1 Å². The van der Waals surface area contributed by atoms with Crippen molar-refractivity contribution in [2.24, 2.45) is 0 Å². The van der Waals surface area contributed by atoms with Crippen LogP contribution < -0.4 is 5.43 Å². The van der Waals surface area contributed by atoms with Gasteiger partial charge in [-0.2, -0.15) is 5.26 Å². The quantitative estimate of drug-likeness (QED) is 0.285. The normalized spacial score (nSPS) is 11.2. The minimum Gasteiger partial charge on any atom is -0.457 e. The highest BCUT2D eigenvalue weighted by Crippen LogP contribution is 2.31. The molecule has 0 fully saturated rings. The number of nitrogens with one attached hydrogen (secondary N) is 1. The lowest BCUT2D eigenvalue weighted by Gasteiger charge is -2.10. The minimum absolute atomic E-state index is 0.0180. The fourth-order valence-electron chi connectivity index (χ4n) is 2.69. The van der Waals surface area contributed by atoms with Crippen molar-refractivity contribution in [3.63, 3.8) is 0 Å². The molecule has 3 rings (SSSR count). The molecule has 2 aromatic heterocycles. The highest BCUT2D eigenvalue weighted by Gasteiger charge is 2.16. The van der Waals surface area contributed by atoms with Crippen LogP contribution in [0.1, 0.15) is 17.1 Å². The maximum absolute atomic E-state index is 12.4. The lowest BCUT2D eigenvalue weighted by atomic mass is 10.1. The van der Waals surface area contributed by atoms with Crippen molar-refractivity contribution in [3.05, 3.63) is 80.3 Å². The largest absolute Gasteiger partial charge is 0.457 e. The molecule has 0 spiro atoms. The number of hydrogen-bond acceptors (Lipinski definition) is 5. The number of rotatable bonds is 5. The van der Waals surface area contributed by atoms with Gasteiger partial charge < -0.3 is 4.42 Å². The summed E-state index contributed by atoms with van der Waals surface area (Å²) in [6, 6.07) is 13.0. The van der Waals surface area contributed by atoms with E-state index in [2.05, 4.69) is 5.43 Å². The first kappa shape index (κ1) is 19.9. The van der Waals surface area contributed by atoms with E-state index >= 15 is 0 Å². The number of hydrogen-bond donors (Lipinski definition) is 1. The molecule has 3 aromatic rings. The molecule has 1 N–H and O–H groups in total. The second kappa shape index (κ2) is 8.04. The molecule has 1 amide bonds. The number of aryl methyl sites for hydroxylation is 2. The highest BCUT2D eigenvalue weighted by atomic mass is 35.5. The fourth-order valence-corrected chi connectivity index (χ4v) is 2.88. The molecule has 0 aliphatic rings. The molecule has 29 heavy (non-hydrogen) atoms. The number of nitro benzene ring substituents is 1. The van der Waals surface area contributed by atoms with E-state index in [4.69, 9.17) is 16.0 Å². The van der Waals surface area contributed by atoms with Crippen molar-refractivity contribution >= 4 is 29.3 Å². The van der Waals surface area contributed by atoms with Crippen LogP contribution in [0.15, 0.2) is 52.5 Å². The Morgan fingerprint density at radius 3 is 2.55 bits per heavy atom. The first-order chi connectivity index (χ1) is 13.8. The third-order valence-electron chi connectivity index (χ3n) is 4.19. The molecular formula is C20H15ClN4O4. The van der Waals surface area contributed by atoms with Crippen LogP contribution in [-0.4, -0.2) is 15.5 Å². The van der Waals surface area contributed by atoms with Crippen molar-refractivity contribution in [2.75, 3.05) is 5.43 Å².